The Kier molecular flexibility index (Phi) is 4.08. The maximum atomic E-state index is 12.2. The van der Waals surface area contributed by atoms with Crippen LogP contribution >= 0.6 is 11.6 Å². The van der Waals surface area contributed by atoms with Gasteiger partial charge in [0.25, 0.3) is 0 Å². The highest BCUT2D eigenvalue weighted by Crippen LogP contribution is 2.49. The molecule has 128 valence electrons. The molecular weight excluding hydrogens is 326 g/mol. The molecule has 1 fully saturated rings. The number of carbonyl (C=O) groups excluding carboxylic acids is 1. The second kappa shape index (κ2) is 5.81. The molecule has 2 aromatic rings. The first kappa shape index (κ1) is 16.8. The third kappa shape index (κ3) is 3.56. The van der Waals surface area contributed by atoms with E-state index in [2.05, 4.69) is 10.4 Å². The second-order valence-electron chi connectivity index (χ2n) is 7.27. The number of aromatic nitrogens is 2. The Labute approximate surface area is 147 Å². The van der Waals surface area contributed by atoms with E-state index in [1.165, 1.54) is 0 Å². The van der Waals surface area contributed by atoms with Crippen molar-refractivity contribution in [2.75, 3.05) is 0 Å². The molecule has 3 rings (SSSR count). The van der Waals surface area contributed by atoms with Gasteiger partial charge < -0.3 is 10.1 Å². The van der Waals surface area contributed by atoms with Crippen LogP contribution in [0.25, 0.3) is 11.3 Å². The van der Waals surface area contributed by atoms with Crippen LogP contribution in [0, 0.1) is 0 Å². The number of alkyl carbamates (subject to hydrolysis) is 1. The number of carbonyl (C=O) groups is 1. The zero-order chi connectivity index (χ0) is 17.5. The lowest BCUT2D eigenvalue weighted by Crippen LogP contribution is -2.39. The number of hydrogen-bond acceptors (Lipinski definition) is 3. The highest BCUT2D eigenvalue weighted by molar-refractivity contribution is 6.30. The van der Waals surface area contributed by atoms with Crippen LogP contribution in [0.3, 0.4) is 0 Å². The van der Waals surface area contributed by atoms with Crippen molar-refractivity contribution in [2.45, 2.75) is 44.8 Å². The minimum atomic E-state index is -0.524. The number of halogens is 1. The zero-order valence-electron chi connectivity index (χ0n) is 14.4. The first-order chi connectivity index (χ1) is 11.2. The SMILES string of the molecule is Cn1ccc(-c2cc(Cl)ccc2C2(NC(=O)OC(C)(C)C)CC2)n1. The molecule has 1 aromatic carbocycles. The van der Waals surface area contributed by atoms with Crippen molar-refractivity contribution in [3.8, 4) is 11.3 Å². The monoisotopic (exact) mass is 347 g/mol. The van der Waals surface area contributed by atoms with Crippen molar-refractivity contribution in [3.05, 3.63) is 41.0 Å². The number of hydrogen-bond donors (Lipinski definition) is 1. The zero-order valence-corrected chi connectivity index (χ0v) is 15.1. The maximum Gasteiger partial charge on any atom is 0.408 e. The van der Waals surface area contributed by atoms with E-state index in [9.17, 15) is 4.79 Å². The van der Waals surface area contributed by atoms with Crippen molar-refractivity contribution < 1.29 is 9.53 Å². The smallest absolute Gasteiger partial charge is 0.408 e. The fraction of sp³-hybridized carbons (Fsp3) is 0.444. The Morgan fingerprint density at radius 3 is 2.58 bits per heavy atom. The summed E-state index contributed by atoms with van der Waals surface area (Å²) in [6.07, 6.45) is 3.23. The Bertz CT molecular complexity index is 773. The average molecular weight is 348 g/mol. The summed E-state index contributed by atoms with van der Waals surface area (Å²) in [6.45, 7) is 5.56. The highest BCUT2D eigenvalue weighted by Gasteiger charge is 2.48. The Morgan fingerprint density at radius 1 is 1.33 bits per heavy atom. The average Bonchev–Trinajstić information content (AvgIpc) is 3.08. The number of nitrogens with zero attached hydrogens (tertiary/aromatic N) is 2. The van der Waals surface area contributed by atoms with Crippen LogP contribution in [0.15, 0.2) is 30.5 Å². The lowest BCUT2D eigenvalue weighted by molar-refractivity contribution is 0.0495. The molecule has 24 heavy (non-hydrogen) atoms. The van der Waals surface area contributed by atoms with Crippen molar-refractivity contribution in [3.63, 3.8) is 0 Å². The molecule has 0 radical (unpaired) electrons. The second-order valence-corrected chi connectivity index (χ2v) is 7.71. The molecule has 0 saturated heterocycles. The van der Waals surface area contributed by atoms with Crippen LogP contribution in [-0.2, 0) is 17.3 Å². The third-order valence-electron chi connectivity index (χ3n) is 3.98. The van der Waals surface area contributed by atoms with Gasteiger partial charge in [-0.3, -0.25) is 4.68 Å². The predicted octanol–water partition coefficient (Wildman–Crippen LogP) is 4.25. The summed E-state index contributed by atoms with van der Waals surface area (Å²) in [4.78, 5) is 12.2. The van der Waals surface area contributed by atoms with Crippen molar-refractivity contribution in [2.24, 2.45) is 7.05 Å². The van der Waals surface area contributed by atoms with E-state index in [0.29, 0.717) is 5.02 Å². The summed E-state index contributed by atoms with van der Waals surface area (Å²) in [5, 5.41) is 8.16. The number of rotatable bonds is 3. The van der Waals surface area contributed by atoms with Gasteiger partial charge in [0, 0.05) is 23.8 Å². The van der Waals surface area contributed by atoms with E-state index < -0.39 is 17.2 Å². The van der Waals surface area contributed by atoms with Gasteiger partial charge in [-0.25, -0.2) is 4.79 Å². The van der Waals surface area contributed by atoms with Crippen LogP contribution < -0.4 is 5.32 Å². The van der Waals surface area contributed by atoms with Gasteiger partial charge in [-0.15, -0.1) is 0 Å². The predicted molar refractivity (Wildman–Crippen MR) is 93.9 cm³/mol. The molecule has 6 heteroatoms. The Hall–Kier alpha value is -2.01. The minimum absolute atomic E-state index is 0.401. The number of amides is 1. The van der Waals surface area contributed by atoms with Crippen molar-refractivity contribution in [1.82, 2.24) is 15.1 Å². The quantitative estimate of drug-likeness (QED) is 0.902. The molecule has 1 amide bonds. The molecule has 1 aliphatic rings. The largest absolute Gasteiger partial charge is 0.444 e. The molecule has 1 N–H and O–H groups in total. The first-order valence-electron chi connectivity index (χ1n) is 8.00. The number of ether oxygens (including phenoxy) is 1. The number of aryl methyl sites for hydroxylation is 1. The minimum Gasteiger partial charge on any atom is -0.444 e. The lowest BCUT2D eigenvalue weighted by atomic mass is 9.96. The van der Waals surface area contributed by atoms with E-state index in [0.717, 1.165) is 29.7 Å². The van der Waals surface area contributed by atoms with Gasteiger partial charge in [0.05, 0.1) is 11.2 Å². The van der Waals surface area contributed by atoms with Crippen molar-refractivity contribution >= 4 is 17.7 Å². The van der Waals surface area contributed by atoms with Crippen LogP contribution in [0.5, 0.6) is 0 Å². The molecule has 1 saturated carbocycles. The molecule has 5 nitrogen and oxygen atoms in total. The van der Waals surface area contributed by atoms with E-state index in [1.54, 1.807) is 4.68 Å². The van der Waals surface area contributed by atoms with Crippen LogP contribution in [-0.4, -0.2) is 21.5 Å². The van der Waals surface area contributed by atoms with Gasteiger partial charge in [-0.05, 0) is 57.4 Å². The summed E-state index contributed by atoms with van der Waals surface area (Å²) in [5.74, 6) is 0. The summed E-state index contributed by atoms with van der Waals surface area (Å²) in [7, 11) is 1.87. The van der Waals surface area contributed by atoms with Gasteiger partial charge >= 0.3 is 6.09 Å². The third-order valence-corrected chi connectivity index (χ3v) is 4.21. The molecule has 0 spiro atoms. The van der Waals surface area contributed by atoms with Crippen LogP contribution in [0.1, 0.15) is 39.2 Å². The molecule has 0 aliphatic heterocycles. The molecule has 1 aromatic heterocycles. The highest BCUT2D eigenvalue weighted by atomic mass is 35.5. The summed E-state index contributed by atoms with van der Waals surface area (Å²) >= 11 is 6.19. The summed E-state index contributed by atoms with van der Waals surface area (Å²) < 4.78 is 7.16. The van der Waals surface area contributed by atoms with E-state index in [-0.39, 0.29) is 0 Å². The fourth-order valence-corrected chi connectivity index (χ4v) is 2.96. The van der Waals surface area contributed by atoms with Gasteiger partial charge in [0.2, 0.25) is 0 Å². The molecule has 0 unspecified atom stereocenters. The molecule has 0 bridgehead atoms. The van der Waals surface area contributed by atoms with Gasteiger partial charge in [-0.1, -0.05) is 17.7 Å². The van der Waals surface area contributed by atoms with Gasteiger partial charge in [-0.2, -0.15) is 5.10 Å². The lowest BCUT2D eigenvalue weighted by Gasteiger charge is -2.25. The van der Waals surface area contributed by atoms with Gasteiger partial charge in [0.15, 0.2) is 0 Å². The maximum absolute atomic E-state index is 12.2. The standard InChI is InChI=1S/C18H22ClN3O2/c1-17(2,3)24-16(23)20-18(8-9-18)14-6-5-12(19)11-13(14)15-7-10-22(4)21-15/h5-7,10-11H,8-9H2,1-4H3,(H,20,23). The van der Waals surface area contributed by atoms with Crippen molar-refractivity contribution in [1.29, 1.82) is 0 Å². The normalized spacial score (nSPS) is 15.9. The van der Waals surface area contributed by atoms with E-state index in [4.69, 9.17) is 16.3 Å². The number of benzene rings is 1. The van der Waals surface area contributed by atoms with E-state index >= 15 is 0 Å². The van der Waals surface area contributed by atoms with Crippen LogP contribution in [0.4, 0.5) is 4.79 Å². The van der Waals surface area contributed by atoms with Gasteiger partial charge in [0.1, 0.15) is 5.60 Å². The first-order valence-corrected chi connectivity index (χ1v) is 8.38. The molecule has 0 atom stereocenters. The number of nitrogens with one attached hydrogen (secondary N) is 1. The summed E-state index contributed by atoms with van der Waals surface area (Å²) in [6, 6.07) is 7.66. The van der Waals surface area contributed by atoms with Crippen LogP contribution in [0.2, 0.25) is 5.02 Å². The Balaban J connectivity index is 1.93. The topological polar surface area (TPSA) is 56.2 Å². The molecule has 1 heterocycles. The Morgan fingerprint density at radius 2 is 2.04 bits per heavy atom. The molecular formula is C18H22ClN3O2. The fourth-order valence-electron chi connectivity index (χ4n) is 2.79. The van der Waals surface area contributed by atoms with E-state index in [1.807, 2.05) is 58.3 Å². The summed E-state index contributed by atoms with van der Waals surface area (Å²) in [5.41, 5.74) is 1.88. The molecule has 1 aliphatic carbocycles.